The Kier molecular flexibility index (Phi) is 5.58. The first-order valence-electron chi connectivity index (χ1n) is 8.06. The standard InChI is InChI=1S/C16H21N5O2S/c1-23-14(22)10-12-4-6-17-15(19-12)18-7-5-13-11-24-16(20-13)21-8-2-3-9-21/h4,6,11H,2-3,5,7-10H2,1H3,(H,17,18,19). The molecule has 0 radical (unpaired) electrons. The van der Waals surface area contributed by atoms with Crippen LogP contribution in [0.4, 0.5) is 11.1 Å². The molecule has 1 N–H and O–H groups in total. The first-order chi connectivity index (χ1) is 11.7. The predicted molar refractivity (Wildman–Crippen MR) is 93.5 cm³/mol. The van der Waals surface area contributed by atoms with Gasteiger partial charge < -0.3 is 15.0 Å². The highest BCUT2D eigenvalue weighted by Crippen LogP contribution is 2.24. The fourth-order valence-electron chi connectivity index (χ4n) is 2.57. The van der Waals surface area contributed by atoms with E-state index in [1.165, 1.54) is 20.0 Å². The third kappa shape index (κ3) is 4.41. The normalized spacial score (nSPS) is 14.0. The highest BCUT2D eigenvalue weighted by Gasteiger charge is 2.15. The van der Waals surface area contributed by atoms with E-state index in [0.717, 1.165) is 30.3 Å². The molecular weight excluding hydrogens is 326 g/mol. The molecule has 2 aromatic heterocycles. The molecule has 3 rings (SSSR count). The van der Waals surface area contributed by atoms with Crippen molar-refractivity contribution in [1.29, 1.82) is 0 Å². The van der Waals surface area contributed by atoms with Gasteiger partial charge in [-0.3, -0.25) is 4.79 Å². The van der Waals surface area contributed by atoms with Gasteiger partial charge in [0, 0.05) is 37.6 Å². The largest absolute Gasteiger partial charge is 0.469 e. The number of thiazole rings is 1. The third-order valence-electron chi connectivity index (χ3n) is 3.85. The number of ether oxygens (including phenoxy) is 1. The summed E-state index contributed by atoms with van der Waals surface area (Å²) < 4.78 is 4.65. The number of rotatable bonds is 7. The molecule has 0 aromatic carbocycles. The highest BCUT2D eigenvalue weighted by atomic mass is 32.1. The summed E-state index contributed by atoms with van der Waals surface area (Å²) in [6, 6.07) is 1.71. The minimum atomic E-state index is -0.309. The Labute approximate surface area is 145 Å². The predicted octanol–water partition coefficient (Wildman–Crippen LogP) is 1.90. The molecule has 8 heteroatoms. The van der Waals surface area contributed by atoms with Gasteiger partial charge in [-0.15, -0.1) is 11.3 Å². The number of hydrogen-bond donors (Lipinski definition) is 1. The van der Waals surface area contributed by atoms with Crippen molar-refractivity contribution in [2.45, 2.75) is 25.7 Å². The minimum Gasteiger partial charge on any atom is -0.469 e. The molecule has 2 aromatic rings. The lowest BCUT2D eigenvalue weighted by atomic mass is 10.3. The van der Waals surface area contributed by atoms with Crippen LogP contribution in [0.3, 0.4) is 0 Å². The van der Waals surface area contributed by atoms with Crippen LogP contribution >= 0.6 is 11.3 Å². The summed E-state index contributed by atoms with van der Waals surface area (Å²) in [5, 5.41) is 6.42. The van der Waals surface area contributed by atoms with Crippen LogP contribution in [0.5, 0.6) is 0 Å². The molecule has 1 aliphatic heterocycles. The molecule has 0 saturated carbocycles. The van der Waals surface area contributed by atoms with Crippen LogP contribution in [0.2, 0.25) is 0 Å². The van der Waals surface area contributed by atoms with Gasteiger partial charge in [-0.05, 0) is 18.9 Å². The van der Waals surface area contributed by atoms with Crippen molar-refractivity contribution in [3.05, 3.63) is 29.0 Å². The molecule has 1 saturated heterocycles. The average Bonchev–Trinajstić information content (AvgIpc) is 3.26. The summed E-state index contributed by atoms with van der Waals surface area (Å²) in [5.74, 6) is 0.211. The lowest BCUT2D eigenvalue weighted by molar-refractivity contribution is -0.139. The fourth-order valence-corrected chi connectivity index (χ4v) is 3.48. The number of anilines is 2. The Morgan fingerprint density at radius 1 is 1.33 bits per heavy atom. The van der Waals surface area contributed by atoms with E-state index in [1.807, 2.05) is 0 Å². The van der Waals surface area contributed by atoms with Crippen LogP contribution in [-0.2, 0) is 22.4 Å². The van der Waals surface area contributed by atoms with Crippen LogP contribution in [0, 0.1) is 0 Å². The van der Waals surface area contributed by atoms with E-state index in [0.29, 0.717) is 18.2 Å². The van der Waals surface area contributed by atoms with Gasteiger partial charge in [0.05, 0.1) is 24.9 Å². The van der Waals surface area contributed by atoms with E-state index < -0.39 is 0 Å². The van der Waals surface area contributed by atoms with Crippen LogP contribution in [-0.4, -0.2) is 47.7 Å². The van der Waals surface area contributed by atoms with E-state index in [-0.39, 0.29) is 12.4 Å². The first kappa shape index (κ1) is 16.6. The smallest absolute Gasteiger partial charge is 0.311 e. The van der Waals surface area contributed by atoms with Gasteiger partial charge in [0.15, 0.2) is 5.13 Å². The lowest BCUT2D eigenvalue weighted by Gasteiger charge is -2.12. The fraction of sp³-hybridized carbons (Fsp3) is 0.500. The molecule has 0 aliphatic carbocycles. The second-order valence-corrected chi connectivity index (χ2v) is 6.45. The van der Waals surface area contributed by atoms with Gasteiger partial charge in [0.1, 0.15) is 0 Å². The van der Waals surface area contributed by atoms with Crippen molar-refractivity contribution < 1.29 is 9.53 Å². The van der Waals surface area contributed by atoms with Crippen molar-refractivity contribution in [1.82, 2.24) is 15.0 Å². The molecular formula is C16H21N5O2S. The molecule has 24 heavy (non-hydrogen) atoms. The molecule has 0 spiro atoms. The number of carbonyl (C=O) groups excluding carboxylic acids is 1. The number of nitrogens with zero attached hydrogens (tertiary/aromatic N) is 4. The first-order valence-corrected chi connectivity index (χ1v) is 8.94. The molecule has 3 heterocycles. The SMILES string of the molecule is COC(=O)Cc1ccnc(NCCc2csc(N3CCCC3)n2)n1. The Balaban J connectivity index is 1.49. The monoisotopic (exact) mass is 347 g/mol. The molecule has 1 aliphatic rings. The van der Waals surface area contributed by atoms with Gasteiger partial charge in [-0.1, -0.05) is 0 Å². The van der Waals surface area contributed by atoms with Crippen molar-refractivity contribution in [2.75, 3.05) is 37.0 Å². The van der Waals surface area contributed by atoms with Gasteiger partial charge >= 0.3 is 5.97 Å². The highest BCUT2D eigenvalue weighted by molar-refractivity contribution is 7.13. The maximum Gasteiger partial charge on any atom is 0.311 e. The van der Waals surface area contributed by atoms with Crippen molar-refractivity contribution >= 4 is 28.4 Å². The number of carbonyl (C=O) groups is 1. The Morgan fingerprint density at radius 2 is 2.17 bits per heavy atom. The maximum atomic E-state index is 11.3. The number of hydrogen-bond acceptors (Lipinski definition) is 8. The zero-order valence-electron chi connectivity index (χ0n) is 13.7. The van der Waals surface area contributed by atoms with Crippen LogP contribution < -0.4 is 10.2 Å². The van der Waals surface area contributed by atoms with E-state index in [2.05, 4.69) is 30.3 Å². The summed E-state index contributed by atoms with van der Waals surface area (Å²) >= 11 is 1.71. The third-order valence-corrected chi connectivity index (χ3v) is 4.80. The zero-order chi connectivity index (χ0) is 16.8. The number of nitrogens with one attached hydrogen (secondary N) is 1. The van der Waals surface area contributed by atoms with Crippen molar-refractivity contribution in [2.24, 2.45) is 0 Å². The molecule has 1 fully saturated rings. The van der Waals surface area contributed by atoms with Crippen LogP contribution in [0.1, 0.15) is 24.2 Å². The molecule has 7 nitrogen and oxygen atoms in total. The quantitative estimate of drug-likeness (QED) is 0.766. The number of methoxy groups -OCH3 is 1. The summed E-state index contributed by atoms with van der Waals surface area (Å²) in [6.07, 6.45) is 5.13. The van der Waals surface area contributed by atoms with Gasteiger partial charge in [-0.2, -0.15) is 0 Å². The lowest BCUT2D eigenvalue weighted by Crippen LogP contribution is -2.17. The number of aromatic nitrogens is 3. The van der Waals surface area contributed by atoms with Crippen LogP contribution in [0.25, 0.3) is 0 Å². The van der Waals surface area contributed by atoms with Crippen molar-refractivity contribution in [3.8, 4) is 0 Å². The van der Waals surface area contributed by atoms with E-state index in [9.17, 15) is 4.79 Å². The minimum absolute atomic E-state index is 0.152. The summed E-state index contributed by atoms with van der Waals surface area (Å²) in [7, 11) is 1.37. The second kappa shape index (κ2) is 8.05. The van der Waals surface area contributed by atoms with Gasteiger partial charge in [0.2, 0.25) is 5.95 Å². The van der Waals surface area contributed by atoms with Gasteiger partial charge in [-0.25, -0.2) is 15.0 Å². The zero-order valence-corrected chi connectivity index (χ0v) is 14.5. The average molecular weight is 347 g/mol. The molecule has 0 unspecified atom stereocenters. The summed E-state index contributed by atoms with van der Waals surface area (Å²) in [5.41, 5.74) is 1.73. The van der Waals surface area contributed by atoms with Crippen molar-refractivity contribution in [3.63, 3.8) is 0 Å². The Bertz CT molecular complexity index is 685. The Hall–Kier alpha value is -2.22. The second-order valence-electron chi connectivity index (χ2n) is 5.62. The molecule has 0 bridgehead atoms. The van der Waals surface area contributed by atoms with E-state index in [1.54, 1.807) is 23.6 Å². The maximum absolute atomic E-state index is 11.3. The van der Waals surface area contributed by atoms with Gasteiger partial charge in [0.25, 0.3) is 0 Å². The molecule has 0 atom stereocenters. The summed E-state index contributed by atoms with van der Waals surface area (Å²) in [4.78, 5) is 26.8. The number of esters is 1. The molecule has 128 valence electrons. The van der Waals surface area contributed by atoms with E-state index in [4.69, 9.17) is 4.98 Å². The van der Waals surface area contributed by atoms with Crippen LogP contribution in [0.15, 0.2) is 17.6 Å². The summed E-state index contributed by atoms with van der Waals surface area (Å²) in [6.45, 7) is 2.93. The topological polar surface area (TPSA) is 80.2 Å². The van der Waals surface area contributed by atoms with E-state index >= 15 is 0 Å². The Morgan fingerprint density at radius 3 is 2.96 bits per heavy atom. The molecule has 0 amide bonds.